The first-order valence-electron chi connectivity index (χ1n) is 9.56. The van der Waals surface area contributed by atoms with Gasteiger partial charge in [0.15, 0.2) is 6.10 Å². The van der Waals surface area contributed by atoms with E-state index in [4.69, 9.17) is 4.74 Å². The summed E-state index contributed by atoms with van der Waals surface area (Å²) in [5.74, 6) is 0.892. The molecule has 1 aromatic rings. The van der Waals surface area contributed by atoms with Crippen LogP contribution in [0.25, 0.3) is 0 Å². The Hall–Kier alpha value is -1.26. The molecule has 2 heterocycles. The van der Waals surface area contributed by atoms with Crippen molar-refractivity contribution < 1.29 is 9.53 Å². The van der Waals surface area contributed by atoms with E-state index in [1.807, 2.05) is 24.0 Å². The summed E-state index contributed by atoms with van der Waals surface area (Å²) in [4.78, 5) is 14.8. The Kier molecular flexibility index (Phi) is 6.62. The summed E-state index contributed by atoms with van der Waals surface area (Å²) in [5.41, 5.74) is 1.73. The van der Waals surface area contributed by atoms with Crippen LogP contribution in [0.3, 0.4) is 0 Å². The van der Waals surface area contributed by atoms with Gasteiger partial charge in [-0.25, -0.2) is 0 Å². The van der Waals surface area contributed by atoms with Crippen LogP contribution in [0, 0.1) is 5.41 Å². The van der Waals surface area contributed by atoms with Gasteiger partial charge in [0.25, 0.3) is 5.91 Å². The van der Waals surface area contributed by atoms with Crippen molar-refractivity contribution in [3.05, 3.63) is 29.8 Å². The molecule has 0 aromatic heterocycles. The fourth-order valence-electron chi connectivity index (χ4n) is 3.97. The second-order valence-electron chi connectivity index (χ2n) is 8.79. The zero-order valence-electron chi connectivity index (χ0n) is 16.5. The molecule has 146 valence electrons. The van der Waals surface area contributed by atoms with Gasteiger partial charge >= 0.3 is 0 Å². The number of carbonyl (C=O) groups is 1. The molecule has 1 N–H and O–H groups in total. The molecule has 3 rings (SSSR count). The predicted molar refractivity (Wildman–Crippen MR) is 108 cm³/mol. The maximum absolute atomic E-state index is 12.8. The lowest BCUT2D eigenvalue weighted by molar-refractivity contribution is -0.140. The van der Waals surface area contributed by atoms with E-state index in [0.717, 1.165) is 44.8 Å². The highest BCUT2D eigenvalue weighted by atomic mass is 35.5. The second kappa shape index (κ2) is 8.18. The molecule has 1 atom stereocenters. The summed E-state index contributed by atoms with van der Waals surface area (Å²) in [6.45, 7) is 12.4. The molecule has 26 heavy (non-hydrogen) atoms. The molecule has 0 radical (unpaired) electrons. The molecule has 1 aromatic carbocycles. The van der Waals surface area contributed by atoms with Gasteiger partial charge in [0.05, 0.1) is 0 Å². The zero-order valence-corrected chi connectivity index (χ0v) is 17.3. The van der Waals surface area contributed by atoms with Crippen molar-refractivity contribution in [1.82, 2.24) is 10.2 Å². The monoisotopic (exact) mass is 380 g/mol. The van der Waals surface area contributed by atoms with Crippen molar-refractivity contribution in [1.29, 1.82) is 0 Å². The lowest BCUT2D eigenvalue weighted by Crippen LogP contribution is -2.48. The molecule has 0 aliphatic carbocycles. The van der Waals surface area contributed by atoms with Crippen LogP contribution in [0.5, 0.6) is 5.75 Å². The van der Waals surface area contributed by atoms with Crippen molar-refractivity contribution in [2.45, 2.75) is 58.5 Å². The molecule has 2 aliphatic rings. The van der Waals surface area contributed by atoms with Crippen molar-refractivity contribution in [2.75, 3.05) is 26.2 Å². The van der Waals surface area contributed by atoms with Crippen LogP contribution in [0.15, 0.2) is 24.3 Å². The van der Waals surface area contributed by atoms with E-state index in [1.54, 1.807) is 0 Å². The number of amides is 1. The topological polar surface area (TPSA) is 41.6 Å². The zero-order chi connectivity index (χ0) is 18.1. The average molecular weight is 381 g/mol. The SMILES string of the molecule is CC(Oc1cccc(C(C)(C)C)c1)C(=O)N1CCC2(CCNC2)CC1.Cl. The first kappa shape index (κ1) is 21.0. The predicted octanol–water partition coefficient (Wildman–Crippen LogP) is 3.78. The Labute approximate surface area is 164 Å². The van der Waals surface area contributed by atoms with Crippen molar-refractivity contribution in [3.63, 3.8) is 0 Å². The van der Waals surface area contributed by atoms with Gasteiger partial charge < -0.3 is 15.0 Å². The Morgan fingerprint density at radius 3 is 2.50 bits per heavy atom. The lowest BCUT2D eigenvalue weighted by atomic mass is 9.78. The van der Waals surface area contributed by atoms with E-state index in [0.29, 0.717) is 5.41 Å². The number of carbonyl (C=O) groups excluding carboxylic acids is 1. The molecule has 1 amide bonds. The number of rotatable bonds is 3. The maximum Gasteiger partial charge on any atom is 0.263 e. The first-order valence-corrected chi connectivity index (χ1v) is 9.56. The van der Waals surface area contributed by atoms with Crippen LogP contribution >= 0.6 is 12.4 Å². The minimum atomic E-state index is -0.439. The van der Waals surface area contributed by atoms with Crippen molar-refractivity contribution in [3.8, 4) is 5.75 Å². The van der Waals surface area contributed by atoms with Crippen LogP contribution in [0.2, 0.25) is 0 Å². The van der Waals surface area contributed by atoms with E-state index >= 15 is 0 Å². The Morgan fingerprint density at radius 2 is 1.92 bits per heavy atom. The number of piperidine rings is 1. The molecule has 2 fully saturated rings. The highest BCUT2D eigenvalue weighted by Crippen LogP contribution is 2.37. The molecule has 1 unspecified atom stereocenters. The van der Waals surface area contributed by atoms with Crippen LogP contribution in [0.1, 0.15) is 52.5 Å². The quantitative estimate of drug-likeness (QED) is 0.867. The molecule has 1 spiro atoms. The van der Waals surface area contributed by atoms with Gasteiger partial charge in [0.1, 0.15) is 5.75 Å². The lowest BCUT2D eigenvalue weighted by Gasteiger charge is -2.39. The van der Waals surface area contributed by atoms with Crippen LogP contribution in [-0.2, 0) is 10.2 Å². The van der Waals surface area contributed by atoms with Gasteiger partial charge in [-0.15, -0.1) is 12.4 Å². The van der Waals surface area contributed by atoms with Gasteiger partial charge in [-0.2, -0.15) is 0 Å². The van der Waals surface area contributed by atoms with E-state index in [-0.39, 0.29) is 23.7 Å². The summed E-state index contributed by atoms with van der Waals surface area (Å²) in [5, 5.41) is 3.47. The van der Waals surface area contributed by atoms with Gasteiger partial charge in [0, 0.05) is 19.6 Å². The Balaban J connectivity index is 0.00000243. The molecule has 2 saturated heterocycles. The number of halogens is 1. The molecule has 4 nitrogen and oxygen atoms in total. The fourth-order valence-corrected chi connectivity index (χ4v) is 3.97. The molecule has 0 saturated carbocycles. The molecular weight excluding hydrogens is 348 g/mol. The van der Waals surface area contributed by atoms with E-state index in [9.17, 15) is 4.79 Å². The number of nitrogens with zero attached hydrogens (tertiary/aromatic N) is 1. The highest BCUT2D eigenvalue weighted by molar-refractivity contribution is 5.85. The van der Waals surface area contributed by atoms with Gasteiger partial charge in [-0.3, -0.25) is 4.79 Å². The third-order valence-corrected chi connectivity index (χ3v) is 5.83. The van der Waals surface area contributed by atoms with Gasteiger partial charge in [-0.1, -0.05) is 32.9 Å². The normalized spacial score (nSPS) is 20.5. The van der Waals surface area contributed by atoms with Crippen molar-refractivity contribution >= 4 is 18.3 Å². The number of benzene rings is 1. The van der Waals surface area contributed by atoms with E-state index in [1.165, 1.54) is 12.0 Å². The van der Waals surface area contributed by atoms with Gasteiger partial charge in [-0.05, 0) is 61.3 Å². The minimum absolute atomic E-state index is 0. The minimum Gasteiger partial charge on any atom is -0.481 e. The molecule has 5 heteroatoms. The van der Waals surface area contributed by atoms with Crippen LogP contribution in [0.4, 0.5) is 0 Å². The summed E-state index contributed by atoms with van der Waals surface area (Å²) >= 11 is 0. The van der Waals surface area contributed by atoms with Crippen molar-refractivity contribution in [2.24, 2.45) is 5.41 Å². The molecular formula is C21H33ClN2O2. The fraction of sp³-hybridized carbons (Fsp3) is 0.667. The summed E-state index contributed by atoms with van der Waals surface area (Å²) < 4.78 is 5.98. The largest absolute Gasteiger partial charge is 0.481 e. The Morgan fingerprint density at radius 1 is 1.23 bits per heavy atom. The number of hydrogen-bond acceptors (Lipinski definition) is 3. The first-order chi connectivity index (χ1) is 11.8. The van der Waals surface area contributed by atoms with Gasteiger partial charge in [0.2, 0.25) is 0 Å². The summed E-state index contributed by atoms with van der Waals surface area (Å²) in [6.07, 6.45) is 3.03. The average Bonchev–Trinajstić information content (AvgIpc) is 3.02. The van der Waals surface area contributed by atoms with E-state index in [2.05, 4.69) is 38.2 Å². The smallest absolute Gasteiger partial charge is 0.263 e. The number of hydrogen-bond donors (Lipinski definition) is 1. The molecule has 2 aliphatic heterocycles. The number of ether oxygens (including phenoxy) is 1. The number of nitrogens with one attached hydrogen (secondary N) is 1. The summed E-state index contributed by atoms with van der Waals surface area (Å²) in [7, 11) is 0. The van der Waals surface area contributed by atoms with Crippen LogP contribution < -0.4 is 10.1 Å². The third-order valence-electron chi connectivity index (χ3n) is 5.83. The van der Waals surface area contributed by atoms with Crippen LogP contribution in [-0.4, -0.2) is 43.1 Å². The second-order valence-corrected chi connectivity index (χ2v) is 8.79. The maximum atomic E-state index is 12.8. The summed E-state index contributed by atoms with van der Waals surface area (Å²) in [6, 6.07) is 8.11. The molecule has 0 bridgehead atoms. The van der Waals surface area contributed by atoms with E-state index < -0.39 is 6.10 Å². The number of likely N-dealkylation sites (tertiary alicyclic amines) is 1. The standard InChI is InChI=1S/C21H32N2O2.ClH/c1-16(25-18-7-5-6-17(14-18)20(2,3)4)19(24)23-12-9-21(10-13-23)8-11-22-15-21;/h5-7,14,16,22H,8-13,15H2,1-4H3;1H. The highest BCUT2D eigenvalue weighted by Gasteiger charge is 2.38. The third kappa shape index (κ3) is 4.72. The Bertz CT molecular complexity index is 611.